The molecular weight excluding hydrogens is 308 g/mol. The van der Waals surface area contributed by atoms with Crippen LogP contribution in [0.2, 0.25) is 0 Å². The largest absolute Gasteiger partial charge is 0.484 e. The van der Waals surface area contributed by atoms with Crippen molar-refractivity contribution in [2.45, 2.75) is 26.2 Å². The van der Waals surface area contributed by atoms with Crippen LogP contribution in [0.25, 0.3) is 0 Å². The summed E-state index contributed by atoms with van der Waals surface area (Å²) in [5.41, 5.74) is 1.52. The van der Waals surface area contributed by atoms with E-state index in [9.17, 15) is 14.9 Å². The summed E-state index contributed by atoms with van der Waals surface area (Å²) in [6.45, 7) is 4.13. The molecule has 0 saturated heterocycles. The van der Waals surface area contributed by atoms with Crippen molar-refractivity contribution in [3.8, 4) is 5.75 Å². The molecule has 0 aromatic heterocycles. The second kappa shape index (κ2) is 8.10. The van der Waals surface area contributed by atoms with Crippen molar-refractivity contribution in [3.63, 3.8) is 0 Å². The summed E-state index contributed by atoms with van der Waals surface area (Å²) < 4.78 is 5.44. The van der Waals surface area contributed by atoms with Gasteiger partial charge in [-0.2, -0.15) is 0 Å². The Morgan fingerprint density at radius 1 is 1.25 bits per heavy atom. The van der Waals surface area contributed by atoms with Crippen LogP contribution in [-0.2, 0) is 4.79 Å². The van der Waals surface area contributed by atoms with Gasteiger partial charge in [0.2, 0.25) is 0 Å². The molecule has 24 heavy (non-hydrogen) atoms. The first kappa shape index (κ1) is 17.5. The molecule has 0 aliphatic heterocycles. The second-order valence-electron chi connectivity index (χ2n) is 5.52. The topological polar surface area (TPSA) is 81.5 Å². The molecule has 2 aromatic carbocycles. The predicted octanol–water partition coefficient (Wildman–Crippen LogP) is 4.13. The van der Waals surface area contributed by atoms with Crippen molar-refractivity contribution in [3.05, 3.63) is 64.2 Å². The number of nitro groups is 1. The number of nitro benzene ring substituents is 1. The van der Waals surface area contributed by atoms with E-state index < -0.39 is 4.92 Å². The van der Waals surface area contributed by atoms with Crippen LogP contribution in [0.4, 0.5) is 11.4 Å². The van der Waals surface area contributed by atoms with Gasteiger partial charge in [-0.25, -0.2) is 0 Å². The Hall–Kier alpha value is -2.89. The third kappa shape index (κ3) is 4.81. The maximum atomic E-state index is 11.9. The zero-order valence-corrected chi connectivity index (χ0v) is 13.7. The summed E-state index contributed by atoms with van der Waals surface area (Å²) in [5, 5.41) is 13.3. The van der Waals surface area contributed by atoms with Crippen LogP contribution in [0.3, 0.4) is 0 Å². The highest BCUT2D eigenvalue weighted by molar-refractivity contribution is 5.92. The zero-order valence-electron chi connectivity index (χ0n) is 13.7. The summed E-state index contributed by atoms with van der Waals surface area (Å²) in [5.74, 6) is 0.717. The molecule has 0 bridgehead atoms. The summed E-state index contributed by atoms with van der Waals surface area (Å²) >= 11 is 0. The van der Waals surface area contributed by atoms with E-state index >= 15 is 0 Å². The minimum absolute atomic E-state index is 0.0747. The van der Waals surface area contributed by atoms with Gasteiger partial charge < -0.3 is 10.1 Å². The van der Waals surface area contributed by atoms with Gasteiger partial charge in [0, 0.05) is 17.8 Å². The molecule has 6 heteroatoms. The zero-order chi connectivity index (χ0) is 17.5. The molecule has 0 fully saturated rings. The van der Waals surface area contributed by atoms with E-state index in [0.717, 1.165) is 6.42 Å². The molecule has 2 rings (SSSR count). The molecule has 0 unspecified atom stereocenters. The van der Waals surface area contributed by atoms with E-state index in [-0.39, 0.29) is 18.2 Å². The SMILES string of the molecule is CC[C@@H](C)c1ccc(OCC(=O)Nc2cccc([N+](=O)[O-])c2)cc1. The van der Waals surface area contributed by atoms with Crippen LogP contribution in [0.1, 0.15) is 31.7 Å². The third-order valence-electron chi connectivity index (χ3n) is 3.77. The van der Waals surface area contributed by atoms with Crippen LogP contribution in [0.15, 0.2) is 48.5 Å². The average molecular weight is 328 g/mol. The number of ether oxygens (including phenoxy) is 1. The molecule has 0 radical (unpaired) electrons. The molecule has 0 spiro atoms. The molecule has 126 valence electrons. The Kier molecular flexibility index (Phi) is 5.89. The highest BCUT2D eigenvalue weighted by Gasteiger charge is 2.09. The lowest BCUT2D eigenvalue weighted by Gasteiger charge is -2.11. The predicted molar refractivity (Wildman–Crippen MR) is 92.4 cm³/mol. The minimum atomic E-state index is -0.509. The first-order valence-corrected chi connectivity index (χ1v) is 7.76. The van der Waals surface area contributed by atoms with Crippen molar-refractivity contribution in [1.82, 2.24) is 0 Å². The Labute approximate surface area is 140 Å². The number of anilines is 1. The number of rotatable bonds is 7. The number of nitrogens with one attached hydrogen (secondary N) is 1. The summed E-state index contributed by atoms with van der Waals surface area (Å²) in [6, 6.07) is 13.4. The number of hydrogen-bond donors (Lipinski definition) is 1. The summed E-state index contributed by atoms with van der Waals surface area (Å²) in [4.78, 5) is 22.1. The smallest absolute Gasteiger partial charge is 0.271 e. The van der Waals surface area contributed by atoms with Gasteiger partial charge in [0.1, 0.15) is 5.75 Å². The molecule has 0 aliphatic carbocycles. The van der Waals surface area contributed by atoms with E-state index in [1.807, 2.05) is 24.3 Å². The van der Waals surface area contributed by atoms with Crippen molar-refractivity contribution < 1.29 is 14.5 Å². The molecule has 6 nitrogen and oxygen atoms in total. The van der Waals surface area contributed by atoms with Gasteiger partial charge in [0.05, 0.1) is 4.92 Å². The van der Waals surface area contributed by atoms with Gasteiger partial charge in [-0.3, -0.25) is 14.9 Å². The first-order chi connectivity index (χ1) is 11.5. The minimum Gasteiger partial charge on any atom is -0.484 e. The van der Waals surface area contributed by atoms with E-state index in [4.69, 9.17) is 4.74 Å². The monoisotopic (exact) mass is 328 g/mol. The lowest BCUT2D eigenvalue weighted by molar-refractivity contribution is -0.384. The number of nitrogens with zero attached hydrogens (tertiary/aromatic N) is 1. The van der Waals surface area contributed by atoms with Gasteiger partial charge in [-0.15, -0.1) is 0 Å². The number of carbonyl (C=O) groups is 1. The van der Waals surface area contributed by atoms with Gasteiger partial charge >= 0.3 is 0 Å². The van der Waals surface area contributed by atoms with Crippen LogP contribution < -0.4 is 10.1 Å². The van der Waals surface area contributed by atoms with Crippen LogP contribution >= 0.6 is 0 Å². The molecule has 1 amide bonds. The molecule has 0 saturated carbocycles. The quantitative estimate of drug-likeness (QED) is 0.612. The number of non-ortho nitro benzene ring substituents is 1. The average Bonchev–Trinajstić information content (AvgIpc) is 2.60. The Morgan fingerprint density at radius 3 is 2.58 bits per heavy atom. The standard InChI is InChI=1S/C18H20N2O4/c1-3-13(2)14-7-9-17(10-8-14)24-12-18(21)19-15-5-4-6-16(11-15)20(22)23/h4-11,13H,3,12H2,1-2H3,(H,19,21)/t13-/m1/s1. The van der Waals surface area contributed by atoms with Gasteiger partial charge in [-0.05, 0) is 36.1 Å². The third-order valence-corrected chi connectivity index (χ3v) is 3.77. The Balaban J connectivity index is 1.89. The van der Waals surface area contributed by atoms with Crippen molar-refractivity contribution in [2.24, 2.45) is 0 Å². The van der Waals surface area contributed by atoms with Gasteiger partial charge in [-0.1, -0.05) is 32.0 Å². The number of benzene rings is 2. The van der Waals surface area contributed by atoms with Gasteiger partial charge in [0.25, 0.3) is 11.6 Å². The maximum absolute atomic E-state index is 11.9. The molecule has 0 aliphatic rings. The van der Waals surface area contributed by atoms with E-state index in [2.05, 4.69) is 19.2 Å². The van der Waals surface area contributed by atoms with Crippen molar-refractivity contribution in [1.29, 1.82) is 0 Å². The fourth-order valence-electron chi connectivity index (χ4n) is 2.17. The molecular formula is C18H20N2O4. The van der Waals surface area contributed by atoms with E-state index in [0.29, 0.717) is 17.4 Å². The summed E-state index contributed by atoms with van der Waals surface area (Å²) in [7, 11) is 0. The maximum Gasteiger partial charge on any atom is 0.271 e. The van der Waals surface area contributed by atoms with Crippen molar-refractivity contribution >= 4 is 17.3 Å². The lowest BCUT2D eigenvalue weighted by atomic mass is 9.99. The molecule has 0 heterocycles. The molecule has 1 N–H and O–H groups in total. The fraction of sp³-hybridized carbons (Fsp3) is 0.278. The van der Waals surface area contributed by atoms with Crippen LogP contribution in [0, 0.1) is 10.1 Å². The number of carbonyl (C=O) groups excluding carboxylic acids is 1. The number of amides is 1. The molecule has 1 atom stereocenters. The Bertz CT molecular complexity index is 713. The lowest BCUT2D eigenvalue weighted by Crippen LogP contribution is -2.20. The Morgan fingerprint density at radius 2 is 1.96 bits per heavy atom. The van der Waals surface area contributed by atoms with Gasteiger partial charge in [0.15, 0.2) is 6.61 Å². The number of hydrogen-bond acceptors (Lipinski definition) is 4. The van der Waals surface area contributed by atoms with Crippen LogP contribution in [0.5, 0.6) is 5.75 Å². The highest BCUT2D eigenvalue weighted by atomic mass is 16.6. The van der Waals surface area contributed by atoms with E-state index in [1.165, 1.54) is 23.8 Å². The van der Waals surface area contributed by atoms with Crippen LogP contribution in [-0.4, -0.2) is 17.4 Å². The molecule has 2 aromatic rings. The van der Waals surface area contributed by atoms with E-state index in [1.54, 1.807) is 6.07 Å². The second-order valence-corrected chi connectivity index (χ2v) is 5.52. The van der Waals surface area contributed by atoms with Crippen molar-refractivity contribution in [2.75, 3.05) is 11.9 Å². The first-order valence-electron chi connectivity index (χ1n) is 7.76. The fourth-order valence-corrected chi connectivity index (χ4v) is 2.17. The highest BCUT2D eigenvalue weighted by Crippen LogP contribution is 2.21. The normalized spacial score (nSPS) is 11.6. The summed E-state index contributed by atoms with van der Waals surface area (Å²) in [6.07, 6.45) is 1.06.